The monoisotopic (exact) mass is 509 g/mol. The molecule has 1 aromatic heterocycles. The van der Waals surface area contributed by atoms with Crippen molar-refractivity contribution in [1.29, 1.82) is 0 Å². The molecule has 2 amide bonds. The number of likely N-dealkylation sites (tertiary alicyclic amines) is 1. The quantitative estimate of drug-likeness (QED) is 0.521. The number of rotatable bonds is 7. The number of aromatic nitrogens is 1. The molecule has 1 unspecified atom stereocenters. The van der Waals surface area contributed by atoms with E-state index in [1.165, 1.54) is 11.3 Å². The average Bonchev–Trinajstić information content (AvgIpc) is 3.47. The molecule has 0 radical (unpaired) electrons. The van der Waals surface area contributed by atoms with Crippen LogP contribution in [0.5, 0.6) is 0 Å². The SMILES string of the molecule is CCOC(=O)CCCC(=O)N1CCC2(C1)CN(C(=O)Cc1ncc(Cl)s1)c1ccc(Cl)cc12. The summed E-state index contributed by atoms with van der Waals surface area (Å²) < 4.78 is 5.48. The van der Waals surface area contributed by atoms with Gasteiger partial charge in [-0.25, -0.2) is 4.98 Å². The Labute approximate surface area is 206 Å². The predicted molar refractivity (Wildman–Crippen MR) is 128 cm³/mol. The zero-order chi connectivity index (χ0) is 23.6. The number of anilines is 1. The third-order valence-electron chi connectivity index (χ3n) is 6.19. The second-order valence-electron chi connectivity index (χ2n) is 8.38. The molecule has 2 aliphatic rings. The maximum Gasteiger partial charge on any atom is 0.305 e. The Balaban J connectivity index is 1.46. The fourth-order valence-corrected chi connectivity index (χ4v) is 5.79. The molecule has 3 heterocycles. The minimum Gasteiger partial charge on any atom is -0.466 e. The Morgan fingerprint density at radius 2 is 2.00 bits per heavy atom. The molecule has 4 rings (SSSR count). The van der Waals surface area contributed by atoms with Gasteiger partial charge in [-0.05, 0) is 43.5 Å². The minimum atomic E-state index is -0.354. The summed E-state index contributed by atoms with van der Waals surface area (Å²) in [6, 6.07) is 5.58. The lowest BCUT2D eigenvalue weighted by atomic mass is 9.81. The van der Waals surface area contributed by atoms with Crippen LogP contribution in [0.15, 0.2) is 24.4 Å². The molecule has 0 bridgehead atoms. The van der Waals surface area contributed by atoms with Crippen LogP contribution in [0, 0.1) is 0 Å². The minimum absolute atomic E-state index is 0.0157. The number of esters is 1. The van der Waals surface area contributed by atoms with Crippen molar-refractivity contribution in [1.82, 2.24) is 9.88 Å². The summed E-state index contributed by atoms with van der Waals surface area (Å²) in [5.74, 6) is -0.319. The van der Waals surface area contributed by atoms with Gasteiger partial charge in [-0.3, -0.25) is 14.4 Å². The van der Waals surface area contributed by atoms with Crippen LogP contribution in [0.25, 0.3) is 0 Å². The van der Waals surface area contributed by atoms with Gasteiger partial charge in [0.2, 0.25) is 11.8 Å². The Bertz CT molecular complexity index is 1080. The zero-order valence-electron chi connectivity index (χ0n) is 18.3. The lowest BCUT2D eigenvalue weighted by molar-refractivity contribution is -0.143. The van der Waals surface area contributed by atoms with E-state index >= 15 is 0 Å². The molecular formula is C23H25Cl2N3O4S. The van der Waals surface area contributed by atoms with E-state index in [0.29, 0.717) is 53.4 Å². The van der Waals surface area contributed by atoms with Crippen molar-refractivity contribution < 1.29 is 19.1 Å². The Morgan fingerprint density at radius 3 is 2.73 bits per heavy atom. The van der Waals surface area contributed by atoms with Crippen molar-refractivity contribution in [2.75, 3.05) is 31.1 Å². The van der Waals surface area contributed by atoms with Crippen molar-refractivity contribution in [3.63, 3.8) is 0 Å². The first kappa shape index (κ1) is 24.0. The van der Waals surface area contributed by atoms with Gasteiger partial charge in [0.15, 0.2) is 0 Å². The van der Waals surface area contributed by atoms with Gasteiger partial charge in [0.25, 0.3) is 0 Å². The van der Waals surface area contributed by atoms with E-state index < -0.39 is 0 Å². The fraction of sp³-hybridized carbons (Fsp3) is 0.478. The first-order valence-corrected chi connectivity index (χ1v) is 12.5. The van der Waals surface area contributed by atoms with Crippen LogP contribution in [0.2, 0.25) is 9.36 Å². The predicted octanol–water partition coefficient (Wildman–Crippen LogP) is 4.24. The maximum atomic E-state index is 13.2. The van der Waals surface area contributed by atoms with E-state index in [4.69, 9.17) is 27.9 Å². The molecule has 10 heteroatoms. The Hall–Kier alpha value is -2.16. The number of amides is 2. The molecule has 7 nitrogen and oxygen atoms in total. The summed E-state index contributed by atoms with van der Waals surface area (Å²) in [5.41, 5.74) is 1.48. The normalized spacial score (nSPS) is 19.2. The fourth-order valence-electron chi connectivity index (χ4n) is 4.67. The number of hydrogen-bond donors (Lipinski definition) is 0. The topological polar surface area (TPSA) is 79.8 Å². The number of carbonyl (C=O) groups is 3. The lowest BCUT2D eigenvalue weighted by Crippen LogP contribution is -2.40. The molecule has 1 saturated heterocycles. The number of nitrogens with zero attached hydrogens (tertiary/aromatic N) is 3. The summed E-state index contributed by atoms with van der Waals surface area (Å²) in [5, 5.41) is 1.28. The molecule has 1 spiro atoms. The number of fused-ring (bicyclic) bond motifs is 2. The third kappa shape index (κ3) is 5.18. The van der Waals surface area contributed by atoms with Crippen LogP contribution >= 0.6 is 34.5 Å². The number of hydrogen-bond acceptors (Lipinski definition) is 6. The van der Waals surface area contributed by atoms with Crippen LogP contribution in [0.1, 0.15) is 43.2 Å². The van der Waals surface area contributed by atoms with Gasteiger partial charge in [0.1, 0.15) is 9.34 Å². The van der Waals surface area contributed by atoms with Crippen molar-refractivity contribution >= 4 is 58.0 Å². The highest BCUT2D eigenvalue weighted by Crippen LogP contribution is 2.47. The number of carbonyl (C=O) groups excluding carboxylic acids is 3. The summed E-state index contributed by atoms with van der Waals surface area (Å²) in [4.78, 5) is 45.4. The van der Waals surface area contributed by atoms with E-state index in [1.54, 1.807) is 24.1 Å². The van der Waals surface area contributed by atoms with Crippen molar-refractivity contribution in [2.24, 2.45) is 0 Å². The molecule has 2 aromatic rings. The van der Waals surface area contributed by atoms with Crippen LogP contribution in [-0.2, 0) is 31.0 Å². The second kappa shape index (κ2) is 9.99. The van der Waals surface area contributed by atoms with Crippen molar-refractivity contribution in [2.45, 2.75) is 44.4 Å². The molecule has 0 aliphatic carbocycles. The van der Waals surface area contributed by atoms with E-state index in [9.17, 15) is 14.4 Å². The van der Waals surface area contributed by atoms with Crippen molar-refractivity contribution in [3.8, 4) is 0 Å². The molecule has 1 fully saturated rings. The van der Waals surface area contributed by atoms with Gasteiger partial charge in [-0.15, -0.1) is 11.3 Å². The largest absolute Gasteiger partial charge is 0.466 e. The van der Waals surface area contributed by atoms with Crippen LogP contribution in [0.3, 0.4) is 0 Å². The standard InChI is InChI=1S/C23H25Cl2N3O4S/c1-2-32-22(31)5-3-4-20(29)27-9-8-23(13-27)14-28(17-7-6-15(24)10-16(17)23)21(30)11-19-26-12-18(25)33-19/h6-7,10,12H,2-5,8-9,11,13-14H2,1H3. The zero-order valence-corrected chi connectivity index (χ0v) is 20.6. The maximum absolute atomic E-state index is 13.2. The average molecular weight is 510 g/mol. The number of ether oxygens (including phenoxy) is 1. The molecule has 176 valence electrons. The van der Waals surface area contributed by atoms with E-state index in [2.05, 4.69) is 4.98 Å². The Morgan fingerprint density at radius 1 is 1.18 bits per heavy atom. The van der Waals surface area contributed by atoms with Crippen LogP contribution < -0.4 is 4.90 Å². The van der Waals surface area contributed by atoms with Gasteiger partial charge in [-0.2, -0.15) is 0 Å². The van der Waals surface area contributed by atoms with E-state index in [0.717, 1.165) is 17.7 Å². The number of halogens is 2. The first-order chi connectivity index (χ1) is 15.8. The van der Waals surface area contributed by atoms with Crippen molar-refractivity contribution in [3.05, 3.63) is 44.3 Å². The third-order valence-corrected chi connectivity index (χ3v) is 7.54. The molecule has 1 atom stereocenters. The van der Waals surface area contributed by atoms with E-state index in [-0.39, 0.29) is 36.0 Å². The summed E-state index contributed by atoms with van der Waals surface area (Å²) in [6.07, 6.45) is 3.47. The molecule has 0 saturated carbocycles. The summed E-state index contributed by atoms with van der Waals surface area (Å²) in [6.45, 7) is 3.72. The highest BCUT2D eigenvalue weighted by atomic mass is 35.5. The van der Waals surface area contributed by atoms with E-state index in [1.807, 2.05) is 17.0 Å². The molecule has 33 heavy (non-hydrogen) atoms. The summed E-state index contributed by atoms with van der Waals surface area (Å²) in [7, 11) is 0. The Kier molecular flexibility index (Phi) is 7.26. The molecule has 2 aliphatic heterocycles. The number of benzene rings is 1. The van der Waals surface area contributed by atoms with Gasteiger partial charge in [-0.1, -0.05) is 23.2 Å². The second-order valence-corrected chi connectivity index (χ2v) is 10.6. The van der Waals surface area contributed by atoms with Crippen LogP contribution in [-0.4, -0.2) is 53.9 Å². The summed E-state index contributed by atoms with van der Waals surface area (Å²) >= 11 is 13.6. The van der Waals surface area contributed by atoms with Gasteiger partial charge in [0.05, 0.1) is 19.2 Å². The molecule has 1 aromatic carbocycles. The van der Waals surface area contributed by atoms with Gasteiger partial charge >= 0.3 is 5.97 Å². The van der Waals surface area contributed by atoms with Gasteiger partial charge in [0, 0.05) is 48.6 Å². The smallest absolute Gasteiger partial charge is 0.305 e. The molecule has 0 N–H and O–H groups in total. The highest BCUT2D eigenvalue weighted by molar-refractivity contribution is 7.15. The highest BCUT2D eigenvalue weighted by Gasteiger charge is 2.49. The van der Waals surface area contributed by atoms with Crippen LogP contribution in [0.4, 0.5) is 5.69 Å². The first-order valence-electron chi connectivity index (χ1n) is 11.0. The van der Waals surface area contributed by atoms with Gasteiger partial charge < -0.3 is 14.5 Å². The number of thiazole rings is 1. The molecular weight excluding hydrogens is 485 g/mol. The lowest BCUT2D eigenvalue weighted by Gasteiger charge is -2.26.